The van der Waals surface area contributed by atoms with Crippen LogP contribution >= 0.6 is 0 Å². The first-order valence-corrected chi connectivity index (χ1v) is 9.58. The zero-order valence-electron chi connectivity index (χ0n) is 15.5. The fourth-order valence-electron chi connectivity index (χ4n) is 4.22. The molecule has 4 aromatic carbocycles. The van der Waals surface area contributed by atoms with Gasteiger partial charge < -0.3 is 5.11 Å². The van der Waals surface area contributed by atoms with Gasteiger partial charge in [0.2, 0.25) is 0 Å². The van der Waals surface area contributed by atoms with Gasteiger partial charge in [-0.15, -0.1) is 0 Å². The molecular formula is C26H16N2O. The molecule has 0 spiro atoms. The summed E-state index contributed by atoms with van der Waals surface area (Å²) >= 11 is 0. The molecule has 136 valence electrons. The van der Waals surface area contributed by atoms with Crippen molar-refractivity contribution >= 4 is 43.4 Å². The van der Waals surface area contributed by atoms with Crippen LogP contribution in [0.25, 0.3) is 54.6 Å². The smallest absolute Gasteiger partial charge is 0.125 e. The number of hydrogen-bond acceptors (Lipinski definition) is 3. The van der Waals surface area contributed by atoms with E-state index in [0.717, 1.165) is 54.6 Å². The van der Waals surface area contributed by atoms with E-state index in [1.807, 2.05) is 48.5 Å². The highest BCUT2D eigenvalue weighted by molar-refractivity contribution is 6.15. The molecular weight excluding hydrogens is 356 g/mol. The van der Waals surface area contributed by atoms with Crippen molar-refractivity contribution in [1.82, 2.24) is 9.97 Å². The van der Waals surface area contributed by atoms with Crippen molar-refractivity contribution in [2.75, 3.05) is 0 Å². The van der Waals surface area contributed by atoms with Gasteiger partial charge in [0.1, 0.15) is 5.75 Å². The van der Waals surface area contributed by atoms with Crippen LogP contribution in [0.4, 0.5) is 0 Å². The monoisotopic (exact) mass is 372 g/mol. The Bertz CT molecular complexity index is 1570. The third-order valence-electron chi connectivity index (χ3n) is 5.59. The number of rotatable bonds is 1. The predicted molar refractivity (Wildman–Crippen MR) is 119 cm³/mol. The average molecular weight is 372 g/mol. The standard InChI is InChI=1S/C26H16N2O/c29-23-14-11-17-8-7-16-4-1-2-5-19(16)24(17)25(23)22-13-10-18-9-12-21-20(26(18)28-22)6-3-15-27-21/h1-15,29H. The van der Waals surface area contributed by atoms with Gasteiger partial charge in [-0.3, -0.25) is 4.98 Å². The SMILES string of the molecule is Oc1ccc2ccc3ccccc3c2c1-c1ccc2ccc3ncccc3c2n1. The molecule has 0 radical (unpaired) electrons. The molecule has 0 saturated heterocycles. The van der Waals surface area contributed by atoms with E-state index in [4.69, 9.17) is 4.98 Å². The molecule has 2 aromatic heterocycles. The molecule has 0 bridgehead atoms. The summed E-state index contributed by atoms with van der Waals surface area (Å²) in [5, 5.41) is 17.3. The maximum atomic E-state index is 10.9. The lowest BCUT2D eigenvalue weighted by molar-refractivity contribution is 0.478. The number of hydrogen-bond donors (Lipinski definition) is 1. The second-order valence-corrected chi connectivity index (χ2v) is 7.25. The highest BCUT2D eigenvalue weighted by atomic mass is 16.3. The number of aromatic nitrogens is 2. The third kappa shape index (κ3) is 2.38. The molecule has 29 heavy (non-hydrogen) atoms. The quantitative estimate of drug-likeness (QED) is 0.337. The summed E-state index contributed by atoms with van der Waals surface area (Å²) in [5.74, 6) is 0.235. The molecule has 1 N–H and O–H groups in total. The minimum atomic E-state index is 0.235. The third-order valence-corrected chi connectivity index (χ3v) is 5.59. The van der Waals surface area contributed by atoms with Crippen molar-refractivity contribution < 1.29 is 5.11 Å². The zero-order valence-corrected chi connectivity index (χ0v) is 15.5. The molecule has 6 rings (SSSR count). The van der Waals surface area contributed by atoms with E-state index in [1.165, 1.54) is 0 Å². The lowest BCUT2D eigenvalue weighted by Gasteiger charge is -2.13. The summed E-state index contributed by atoms with van der Waals surface area (Å²) in [7, 11) is 0. The van der Waals surface area contributed by atoms with Gasteiger partial charge in [-0.2, -0.15) is 0 Å². The van der Waals surface area contributed by atoms with Crippen LogP contribution in [-0.2, 0) is 0 Å². The molecule has 0 aliphatic heterocycles. The van der Waals surface area contributed by atoms with E-state index in [2.05, 4.69) is 35.3 Å². The topological polar surface area (TPSA) is 46.0 Å². The maximum absolute atomic E-state index is 10.9. The van der Waals surface area contributed by atoms with Crippen LogP contribution in [0.3, 0.4) is 0 Å². The van der Waals surface area contributed by atoms with Gasteiger partial charge in [-0.1, -0.05) is 54.6 Å². The number of benzene rings is 4. The first-order chi connectivity index (χ1) is 14.3. The van der Waals surface area contributed by atoms with Crippen molar-refractivity contribution in [1.29, 1.82) is 0 Å². The normalized spacial score (nSPS) is 11.6. The molecule has 0 aliphatic rings. The van der Waals surface area contributed by atoms with Crippen LogP contribution in [0.1, 0.15) is 0 Å². The Hall–Kier alpha value is -3.98. The van der Waals surface area contributed by atoms with Gasteiger partial charge in [0.15, 0.2) is 0 Å². The molecule has 3 heteroatoms. The molecule has 3 nitrogen and oxygen atoms in total. The van der Waals surface area contributed by atoms with Crippen molar-refractivity contribution in [3.63, 3.8) is 0 Å². The largest absolute Gasteiger partial charge is 0.507 e. The Kier molecular flexibility index (Phi) is 3.32. The molecule has 2 heterocycles. The number of aromatic hydroxyl groups is 1. The summed E-state index contributed by atoms with van der Waals surface area (Å²) in [6.07, 6.45) is 1.79. The molecule has 0 saturated carbocycles. The van der Waals surface area contributed by atoms with Crippen molar-refractivity contribution in [3.05, 3.63) is 91.1 Å². The van der Waals surface area contributed by atoms with Crippen molar-refractivity contribution in [2.24, 2.45) is 0 Å². The predicted octanol–water partition coefficient (Wildman–Crippen LogP) is 6.46. The maximum Gasteiger partial charge on any atom is 0.125 e. The Morgan fingerprint density at radius 3 is 2.34 bits per heavy atom. The minimum Gasteiger partial charge on any atom is -0.507 e. The number of phenols is 1. The van der Waals surface area contributed by atoms with Crippen LogP contribution in [0, 0.1) is 0 Å². The van der Waals surface area contributed by atoms with Crippen LogP contribution in [0.15, 0.2) is 91.1 Å². The number of pyridine rings is 2. The van der Waals surface area contributed by atoms with E-state index in [1.54, 1.807) is 12.3 Å². The lowest BCUT2D eigenvalue weighted by Crippen LogP contribution is -1.90. The second kappa shape index (κ2) is 6.01. The molecule has 0 amide bonds. The average Bonchev–Trinajstić information content (AvgIpc) is 2.78. The fourth-order valence-corrected chi connectivity index (χ4v) is 4.22. The van der Waals surface area contributed by atoms with Crippen LogP contribution in [0.2, 0.25) is 0 Å². The summed E-state index contributed by atoms with van der Waals surface area (Å²) in [4.78, 5) is 9.44. The Morgan fingerprint density at radius 1 is 0.621 bits per heavy atom. The van der Waals surface area contributed by atoms with Crippen molar-refractivity contribution in [3.8, 4) is 17.0 Å². The first-order valence-electron chi connectivity index (χ1n) is 9.58. The lowest BCUT2D eigenvalue weighted by atomic mass is 9.95. The van der Waals surface area contributed by atoms with Crippen LogP contribution in [0.5, 0.6) is 5.75 Å². The summed E-state index contributed by atoms with van der Waals surface area (Å²) in [6.45, 7) is 0. The van der Waals surface area contributed by atoms with Crippen LogP contribution < -0.4 is 0 Å². The number of phenolic OH excluding ortho intramolecular Hbond substituents is 1. The molecule has 0 atom stereocenters. The Balaban J connectivity index is 1.76. The fraction of sp³-hybridized carbons (Fsp3) is 0. The second-order valence-electron chi connectivity index (χ2n) is 7.25. The molecule has 6 aromatic rings. The van der Waals surface area contributed by atoms with Crippen molar-refractivity contribution in [2.45, 2.75) is 0 Å². The van der Waals surface area contributed by atoms with E-state index < -0.39 is 0 Å². The highest BCUT2D eigenvalue weighted by Crippen LogP contribution is 2.40. The van der Waals surface area contributed by atoms with E-state index >= 15 is 0 Å². The van der Waals surface area contributed by atoms with Gasteiger partial charge in [-0.05, 0) is 46.5 Å². The van der Waals surface area contributed by atoms with E-state index in [9.17, 15) is 5.11 Å². The summed E-state index contributed by atoms with van der Waals surface area (Å²) in [6, 6.07) is 28.3. The molecule has 0 aliphatic carbocycles. The van der Waals surface area contributed by atoms with Gasteiger partial charge in [0.25, 0.3) is 0 Å². The zero-order chi connectivity index (χ0) is 19.4. The van der Waals surface area contributed by atoms with Gasteiger partial charge in [-0.25, -0.2) is 4.98 Å². The summed E-state index contributed by atoms with van der Waals surface area (Å²) < 4.78 is 0. The first kappa shape index (κ1) is 16.0. The highest BCUT2D eigenvalue weighted by Gasteiger charge is 2.15. The van der Waals surface area contributed by atoms with E-state index in [-0.39, 0.29) is 5.75 Å². The van der Waals surface area contributed by atoms with E-state index in [0.29, 0.717) is 0 Å². The number of fused-ring (bicyclic) bond motifs is 6. The van der Waals surface area contributed by atoms with Crippen LogP contribution in [-0.4, -0.2) is 15.1 Å². The van der Waals surface area contributed by atoms with Gasteiger partial charge in [0, 0.05) is 22.4 Å². The number of nitrogens with zero attached hydrogens (tertiary/aromatic N) is 2. The minimum absolute atomic E-state index is 0.235. The van der Waals surface area contributed by atoms with Gasteiger partial charge >= 0.3 is 0 Å². The van der Waals surface area contributed by atoms with Gasteiger partial charge in [0.05, 0.1) is 22.3 Å². The summed E-state index contributed by atoms with van der Waals surface area (Å²) in [5.41, 5.74) is 3.33. The molecule has 0 unspecified atom stereocenters. The molecule has 0 fully saturated rings. The Morgan fingerprint density at radius 2 is 1.38 bits per heavy atom. The Labute approximate surface area is 166 Å².